The molecule has 11 N–H and O–H groups in total. The minimum absolute atomic E-state index is 0.0763. The first-order valence-electron chi connectivity index (χ1n) is 8.70. The van der Waals surface area contributed by atoms with Crippen molar-refractivity contribution in [3.05, 3.63) is 0 Å². The lowest BCUT2D eigenvalue weighted by molar-refractivity contribution is -0.142. The Balaban J connectivity index is 4.74. The number of guanidine groups is 1. The molecule has 0 heterocycles. The van der Waals surface area contributed by atoms with E-state index >= 15 is 0 Å². The van der Waals surface area contributed by atoms with Gasteiger partial charge in [-0.1, -0.05) is 0 Å². The van der Waals surface area contributed by atoms with Crippen LogP contribution in [0.2, 0.25) is 0 Å². The highest BCUT2D eigenvalue weighted by atomic mass is 32.1. The Morgan fingerprint density at radius 2 is 1.62 bits per heavy atom. The zero-order chi connectivity index (χ0) is 22.6. The van der Waals surface area contributed by atoms with Gasteiger partial charge in [-0.15, -0.1) is 0 Å². The summed E-state index contributed by atoms with van der Waals surface area (Å²) in [4.78, 5) is 51.1. The summed E-state index contributed by atoms with van der Waals surface area (Å²) in [6.45, 7) is 0.946. The topological polar surface area (TPSA) is 235 Å². The van der Waals surface area contributed by atoms with E-state index in [-0.39, 0.29) is 24.7 Å². The van der Waals surface area contributed by atoms with E-state index in [2.05, 4.69) is 33.6 Å². The number of carbonyl (C=O) groups excluding carboxylic acids is 3. The van der Waals surface area contributed by atoms with E-state index in [9.17, 15) is 24.3 Å². The number of hydrogen-bond donors (Lipinski definition) is 9. The molecule has 0 aromatic rings. The first-order valence-corrected chi connectivity index (χ1v) is 9.33. The molecule has 4 unspecified atom stereocenters. The summed E-state index contributed by atoms with van der Waals surface area (Å²) in [6, 6.07) is -4.60. The zero-order valence-corrected chi connectivity index (χ0v) is 16.9. The highest BCUT2D eigenvalue weighted by molar-refractivity contribution is 7.80. The molecule has 0 saturated carbocycles. The summed E-state index contributed by atoms with van der Waals surface area (Å²) in [5, 5.41) is 25.0. The summed E-state index contributed by atoms with van der Waals surface area (Å²) in [6.07, 6.45) is 0.391. The van der Waals surface area contributed by atoms with Gasteiger partial charge in [0.25, 0.3) is 0 Å². The molecule has 0 fully saturated rings. The van der Waals surface area contributed by atoms with Gasteiger partial charge in [-0.05, 0) is 19.8 Å². The molecule has 0 aliphatic heterocycles. The summed E-state index contributed by atoms with van der Waals surface area (Å²) < 4.78 is 0. The number of carbonyl (C=O) groups is 4. The Morgan fingerprint density at radius 1 is 1.03 bits per heavy atom. The number of aliphatic carboxylic acids is 1. The van der Waals surface area contributed by atoms with Crippen LogP contribution in [0.15, 0.2) is 4.99 Å². The van der Waals surface area contributed by atoms with Gasteiger partial charge in [0.2, 0.25) is 17.7 Å². The first-order chi connectivity index (χ1) is 13.5. The fraction of sp³-hybridized carbons (Fsp3) is 0.667. The monoisotopic (exact) mass is 435 g/mol. The molecular formula is C15H29N7O6S. The Labute approximate surface area is 173 Å². The van der Waals surface area contributed by atoms with Crippen LogP contribution in [0.4, 0.5) is 0 Å². The van der Waals surface area contributed by atoms with Crippen molar-refractivity contribution < 1.29 is 29.4 Å². The number of carboxylic acids is 1. The van der Waals surface area contributed by atoms with Crippen LogP contribution >= 0.6 is 12.6 Å². The number of hydrogen-bond acceptors (Lipinski definition) is 8. The molecule has 0 bridgehead atoms. The van der Waals surface area contributed by atoms with Crippen molar-refractivity contribution in [1.29, 1.82) is 0 Å². The van der Waals surface area contributed by atoms with E-state index in [0.717, 1.165) is 0 Å². The molecule has 13 nitrogen and oxygen atoms in total. The molecule has 14 heteroatoms. The molecular weight excluding hydrogens is 406 g/mol. The second-order valence-corrected chi connectivity index (χ2v) is 6.48. The molecule has 4 atom stereocenters. The second kappa shape index (κ2) is 13.6. The number of thiol groups is 1. The van der Waals surface area contributed by atoms with Crippen LogP contribution in [0.1, 0.15) is 19.8 Å². The normalized spacial score (nSPS) is 14.6. The number of aliphatic imine (C=N–C) groups is 1. The zero-order valence-electron chi connectivity index (χ0n) is 16.0. The van der Waals surface area contributed by atoms with Crippen molar-refractivity contribution in [3.8, 4) is 0 Å². The smallest absolute Gasteiger partial charge is 0.326 e. The SMILES string of the molecule is CC(NC(=O)C(CS)NC(=O)C(N)CO)C(=O)NC(CCCN=C(N)N)C(=O)O. The summed E-state index contributed by atoms with van der Waals surface area (Å²) in [7, 11) is 0. The van der Waals surface area contributed by atoms with Crippen LogP contribution in [-0.4, -0.2) is 82.9 Å². The molecule has 29 heavy (non-hydrogen) atoms. The standard InChI is InChI=1S/C15H29N7O6S/c1-7(20-13(26)10(6-29)22-12(25)8(16)5-23)11(24)21-9(14(27)28)3-2-4-19-15(17)18/h7-10,23,29H,2-6,16H2,1H3,(H,20,26)(H,21,24)(H,22,25)(H,27,28)(H4,17,18,19). The van der Waals surface area contributed by atoms with Gasteiger partial charge in [0.1, 0.15) is 24.2 Å². The van der Waals surface area contributed by atoms with Crippen LogP contribution < -0.4 is 33.2 Å². The van der Waals surface area contributed by atoms with Crippen LogP contribution in [0, 0.1) is 0 Å². The number of nitrogens with two attached hydrogens (primary N) is 3. The number of amides is 3. The number of aliphatic hydroxyl groups excluding tert-OH is 1. The molecule has 0 aliphatic rings. The van der Waals surface area contributed by atoms with E-state index < -0.39 is 54.5 Å². The average molecular weight is 436 g/mol. The van der Waals surface area contributed by atoms with Gasteiger partial charge in [-0.3, -0.25) is 19.4 Å². The van der Waals surface area contributed by atoms with E-state index in [0.29, 0.717) is 6.42 Å². The molecule has 0 aliphatic carbocycles. The van der Waals surface area contributed by atoms with Crippen LogP contribution in [-0.2, 0) is 19.2 Å². The predicted octanol–water partition coefficient (Wildman–Crippen LogP) is -4.15. The molecule has 0 spiro atoms. The summed E-state index contributed by atoms with van der Waals surface area (Å²) >= 11 is 3.96. The number of nitrogens with one attached hydrogen (secondary N) is 3. The maximum Gasteiger partial charge on any atom is 0.326 e. The lowest BCUT2D eigenvalue weighted by atomic mass is 10.1. The van der Waals surface area contributed by atoms with E-state index in [1.165, 1.54) is 6.92 Å². The molecule has 0 rings (SSSR count). The first kappa shape index (κ1) is 26.4. The second-order valence-electron chi connectivity index (χ2n) is 6.11. The van der Waals surface area contributed by atoms with Crippen LogP contribution in [0.25, 0.3) is 0 Å². The quantitative estimate of drug-likeness (QED) is 0.0590. The van der Waals surface area contributed by atoms with Crippen molar-refractivity contribution in [2.24, 2.45) is 22.2 Å². The van der Waals surface area contributed by atoms with Crippen molar-refractivity contribution >= 4 is 42.3 Å². The highest BCUT2D eigenvalue weighted by Crippen LogP contribution is 2.00. The minimum atomic E-state index is -1.25. The molecule has 0 aromatic heterocycles. The molecule has 0 saturated heterocycles. The van der Waals surface area contributed by atoms with E-state index in [4.69, 9.17) is 22.3 Å². The third kappa shape index (κ3) is 10.5. The third-order valence-corrected chi connectivity index (χ3v) is 4.03. The Morgan fingerprint density at radius 3 is 2.10 bits per heavy atom. The highest BCUT2D eigenvalue weighted by Gasteiger charge is 2.27. The van der Waals surface area contributed by atoms with Crippen molar-refractivity contribution in [2.45, 2.75) is 43.9 Å². The largest absolute Gasteiger partial charge is 0.480 e. The molecule has 0 aromatic carbocycles. The van der Waals surface area contributed by atoms with Crippen molar-refractivity contribution in [2.75, 3.05) is 18.9 Å². The molecule has 166 valence electrons. The van der Waals surface area contributed by atoms with Gasteiger partial charge < -0.3 is 43.4 Å². The van der Waals surface area contributed by atoms with Gasteiger partial charge in [-0.25, -0.2) is 4.79 Å². The van der Waals surface area contributed by atoms with Crippen molar-refractivity contribution in [1.82, 2.24) is 16.0 Å². The number of nitrogens with zero attached hydrogens (tertiary/aromatic N) is 1. The predicted molar refractivity (Wildman–Crippen MR) is 108 cm³/mol. The number of carboxylic acid groups (broad SMARTS) is 1. The van der Waals surface area contributed by atoms with Crippen LogP contribution in [0.5, 0.6) is 0 Å². The maximum absolute atomic E-state index is 12.2. The van der Waals surface area contributed by atoms with Gasteiger partial charge in [0.15, 0.2) is 5.96 Å². The minimum Gasteiger partial charge on any atom is -0.480 e. The van der Waals surface area contributed by atoms with Crippen molar-refractivity contribution in [3.63, 3.8) is 0 Å². The average Bonchev–Trinajstić information content (AvgIpc) is 2.66. The Hall–Kier alpha value is -2.58. The van der Waals surface area contributed by atoms with Gasteiger partial charge in [0.05, 0.1) is 6.61 Å². The third-order valence-electron chi connectivity index (χ3n) is 3.66. The van der Waals surface area contributed by atoms with Gasteiger partial charge in [-0.2, -0.15) is 12.6 Å². The fourth-order valence-corrected chi connectivity index (χ4v) is 2.25. The summed E-state index contributed by atoms with van der Waals surface area (Å²) in [5.74, 6) is -3.68. The van der Waals surface area contributed by atoms with Gasteiger partial charge >= 0.3 is 5.97 Å². The molecule has 0 radical (unpaired) electrons. The number of rotatable bonds is 13. The molecule has 3 amide bonds. The Bertz CT molecular complexity index is 614. The number of aliphatic hydroxyl groups is 1. The van der Waals surface area contributed by atoms with E-state index in [1.807, 2.05) is 0 Å². The van der Waals surface area contributed by atoms with Gasteiger partial charge in [0, 0.05) is 12.3 Å². The maximum atomic E-state index is 12.2. The summed E-state index contributed by atoms with van der Waals surface area (Å²) in [5.41, 5.74) is 15.7. The lowest BCUT2D eigenvalue weighted by Crippen LogP contribution is -2.57. The van der Waals surface area contributed by atoms with Crippen LogP contribution in [0.3, 0.4) is 0 Å². The van der Waals surface area contributed by atoms with E-state index in [1.54, 1.807) is 0 Å². The lowest BCUT2D eigenvalue weighted by Gasteiger charge is -2.22. The Kier molecular flexibility index (Phi) is 12.4. The fourth-order valence-electron chi connectivity index (χ4n) is 1.99.